The molecule has 0 saturated carbocycles. The number of halogens is 1. The van der Waals surface area contributed by atoms with Crippen molar-refractivity contribution in [2.75, 3.05) is 7.05 Å². The number of thioether (sulfide) groups is 1. The number of benzene rings is 1. The van der Waals surface area contributed by atoms with Crippen molar-refractivity contribution in [2.45, 2.75) is 0 Å². The zero-order valence-corrected chi connectivity index (χ0v) is 12.5. The van der Waals surface area contributed by atoms with E-state index in [9.17, 15) is 9.18 Å². The van der Waals surface area contributed by atoms with E-state index >= 15 is 0 Å². The third-order valence-electron chi connectivity index (χ3n) is 3.04. The van der Waals surface area contributed by atoms with E-state index < -0.39 is 0 Å². The average Bonchev–Trinajstić information content (AvgIpc) is 2.79. The number of hydrogen-bond acceptors (Lipinski definition) is 4. The van der Waals surface area contributed by atoms with Crippen LogP contribution in [-0.2, 0) is 4.79 Å². The maximum absolute atomic E-state index is 12.9. The van der Waals surface area contributed by atoms with Crippen LogP contribution in [0.4, 0.5) is 10.1 Å². The van der Waals surface area contributed by atoms with E-state index in [0.717, 1.165) is 5.56 Å². The van der Waals surface area contributed by atoms with Gasteiger partial charge in [-0.15, -0.1) is 0 Å². The lowest BCUT2D eigenvalue weighted by Crippen LogP contribution is -2.23. The minimum atomic E-state index is -0.302. The number of aliphatic imine (C=N–C) groups is 1. The quantitative estimate of drug-likeness (QED) is 0.798. The fourth-order valence-corrected chi connectivity index (χ4v) is 2.88. The molecule has 1 aromatic carbocycles. The molecule has 1 aromatic heterocycles. The molecule has 1 aliphatic heterocycles. The first kappa shape index (κ1) is 14.5. The lowest BCUT2D eigenvalue weighted by atomic mass is 10.2. The number of nitrogens with zero attached hydrogens (tertiary/aromatic N) is 3. The molecule has 1 aliphatic rings. The first-order valence-corrected chi connectivity index (χ1v) is 7.37. The Morgan fingerprint density at radius 2 is 2.05 bits per heavy atom. The lowest BCUT2D eigenvalue weighted by Gasteiger charge is -2.06. The molecule has 4 nitrogen and oxygen atoms in total. The predicted molar refractivity (Wildman–Crippen MR) is 86.1 cm³/mol. The van der Waals surface area contributed by atoms with E-state index in [1.807, 2.05) is 6.07 Å². The second-order valence-electron chi connectivity index (χ2n) is 4.63. The molecule has 1 saturated heterocycles. The minimum Gasteiger partial charge on any atom is -0.290 e. The fraction of sp³-hybridized carbons (Fsp3) is 0.0625. The molecule has 0 atom stereocenters. The number of amidine groups is 1. The summed E-state index contributed by atoms with van der Waals surface area (Å²) in [4.78, 5) is 22.7. The van der Waals surface area contributed by atoms with Crippen molar-refractivity contribution in [2.24, 2.45) is 4.99 Å². The van der Waals surface area contributed by atoms with Gasteiger partial charge in [-0.3, -0.25) is 14.7 Å². The summed E-state index contributed by atoms with van der Waals surface area (Å²) >= 11 is 1.29. The molecule has 22 heavy (non-hydrogen) atoms. The van der Waals surface area contributed by atoms with Crippen LogP contribution in [0.25, 0.3) is 6.08 Å². The van der Waals surface area contributed by atoms with Crippen LogP contribution >= 0.6 is 11.8 Å². The standard InChI is InChI=1S/C16H12FN3OS/c1-20-15(21)14(9-11-4-6-12(17)7-5-11)22-16(20)19-13-3-2-8-18-10-13/h2-10H,1H3/b14-9-,19-16?. The van der Waals surface area contributed by atoms with Crippen molar-refractivity contribution >= 4 is 34.6 Å². The van der Waals surface area contributed by atoms with E-state index in [4.69, 9.17) is 0 Å². The van der Waals surface area contributed by atoms with Crippen molar-refractivity contribution < 1.29 is 9.18 Å². The summed E-state index contributed by atoms with van der Waals surface area (Å²) in [5, 5.41) is 0.589. The molecule has 1 fully saturated rings. The Morgan fingerprint density at radius 1 is 1.27 bits per heavy atom. The van der Waals surface area contributed by atoms with Gasteiger partial charge in [0.1, 0.15) is 5.82 Å². The van der Waals surface area contributed by atoms with Gasteiger partial charge in [-0.1, -0.05) is 12.1 Å². The van der Waals surface area contributed by atoms with Crippen molar-refractivity contribution in [3.63, 3.8) is 0 Å². The van der Waals surface area contributed by atoms with E-state index in [0.29, 0.717) is 15.8 Å². The molecular weight excluding hydrogens is 301 g/mol. The van der Waals surface area contributed by atoms with Crippen LogP contribution in [0, 0.1) is 5.82 Å². The topological polar surface area (TPSA) is 45.6 Å². The van der Waals surface area contributed by atoms with Gasteiger partial charge in [0.2, 0.25) is 0 Å². The highest BCUT2D eigenvalue weighted by Crippen LogP contribution is 2.32. The second kappa shape index (κ2) is 6.11. The molecule has 0 bridgehead atoms. The normalized spacial score (nSPS) is 18.5. The fourth-order valence-electron chi connectivity index (χ4n) is 1.89. The Labute approximate surface area is 131 Å². The number of pyridine rings is 1. The molecule has 0 unspecified atom stereocenters. The molecule has 2 heterocycles. The van der Waals surface area contributed by atoms with E-state index in [1.165, 1.54) is 28.8 Å². The van der Waals surface area contributed by atoms with Crippen molar-refractivity contribution in [1.29, 1.82) is 0 Å². The van der Waals surface area contributed by atoms with Gasteiger partial charge in [0.25, 0.3) is 5.91 Å². The number of carbonyl (C=O) groups is 1. The van der Waals surface area contributed by atoms with E-state index in [1.54, 1.807) is 43.7 Å². The number of rotatable bonds is 2. The summed E-state index contributed by atoms with van der Waals surface area (Å²) in [5.41, 5.74) is 1.46. The van der Waals surface area contributed by atoms with Crippen molar-refractivity contribution in [3.8, 4) is 0 Å². The third-order valence-corrected chi connectivity index (χ3v) is 4.10. The average molecular weight is 313 g/mol. The highest BCUT2D eigenvalue weighted by atomic mass is 32.2. The Bertz CT molecular complexity index is 757. The van der Waals surface area contributed by atoms with Crippen LogP contribution in [0.2, 0.25) is 0 Å². The van der Waals surface area contributed by atoms with Gasteiger partial charge in [0, 0.05) is 13.2 Å². The van der Waals surface area contributed by atoms with Gasteiger partial charge in [-0.05, 0) is 47.7 Å². The second-order valence-corrected chi connectivity index (χ2v) is 5.64. The smallest absolute Gasteiger partial charge is 0.266 e. The lowest BCUT2D eigenvalue weighted by molar-refractivity contribution is -0.121. The molecular formula is C16H12FN3OS. The van der Waals surface area contributed by atoms with Crippen LogP contribution in [0.5, 0.6) is 0 Å². The molecule has 3 rings (SSSR count). The molecule has 0 radical (unpaired) electrons. The maximum atomic E-state index is 12.9. The molecule has 110 valence electrons. The van der Waals surface area contributed by atoms with Crippen molar-refractivity contribution in [1.82, 2.24) is 9.88 Å². The van der Waals surface area contributed by atoms with Crippen LogP contribution in [0.1, 0.15) is 5.56 Å². The summed E-state index contributed by atoms with van der Waals surface area (Å²) in [6, 6.07) is 9.60. The number of amides is 1. The Hall–Kier alpha value is -2.47. The third kappa shape index (κ3) is 3.07. The minimum absolute atomic E-state index is 0.128. The number of carbonyl (C=O) groups excluding carboxylic acids is 1. The molecule has 0 N–H and O–H groups in total. The zero-order valence-electron chi connectivity index (χ0n) is 11.7. The van der Waals surface area contributed by atoms with E-state index in [2.05, 4.69) is 9.98 Å². The first-order chi connectivity index (χ1) is 10.6. The van der Waals surface area contributed by atoms with Gasteiger partial charge < -0.3 is 0 Å². The molecule has 0 spiro atoms. The highest BCUT2D eigenvalue weighted by molar-refractivity contribution is 8.18. The largest absolute Gasteiger partial charge is 0.290 e. The van der Waals surface area contributed by atoms with Gasteiger partial charge in [0.05, 0.1) is 16.8 Å². The highest BCUT2D eigenvalue weighted by Gasteiger charge is 2.30. The number of hydrogen-bond donors (Lipinski definition) is 0. The van der Waals surface area contributed by atoms with Crippen LogP contribution in [0.3, 0.4) is 0 Å². The number of aromatic nitrogens is 1. The van der Waals surface area contributed by atoms with Crippen LogP contribution in [-0.4, -0.2) is 28.0 Å². The Morgan fingerprint density at radius 3 is 2.73 bits per heavy atom. The van der Waals surface area contributed by atoms with Gasteiger partial charge in [-0.25, -0.2) is 9.38 Å². The summed E-state index contributed by atoms with van der Waals surface area (Å²) < 4.78 is 12.9. The zero-order chi connectivity index (χ0) is 15.5. The predicted octanol–water partition coefficient (Wildman–Crippen LogP) is 3.45. The van der Waals surface area contributed by atoms with E-state index in [-0.39, 0.29) is 11.7 Å². The van der Waals surface area contributed by atoms with Crippen molar-refractivity contribution in [3.05, 3.63) is 65.1 Å². The summed E-state index contributed by atoms with van der Waals surface area (Å²) in [6.45, 7) is 0. The Kier molecular flexibility index (Phi) is 4.02. The first-order valence-electron chi connectivity index (χ1n) is 6.55. The Balaban J connectivity index is 1.88. The van der Waals surface area contributed by atoms with Gasteiger partial charge in [-0.2, -0.15) is 0 Å². The molecule has 0 aliphatic carbocycles. The van der Waals surface area contributed by atoms with Gasteiger partial charge in [0.15, 0.2) is 5.17 Å². The van der Waals surface area contributed by atoms with Crippen LogP contribution < -0.4 is 0 Å². The number of likely N-dealkylation sites (N-methyl/N-ethyl adjacent to an activating group) is 1. The summed E-state index contributed by atoms with van der Waals surface area (Å²) in [7, 11) is 1.68. The molecule has 6 heteroatoms. The monoisotopic (exact) mass is 313 g/mol. The molecule has 2 aromatic rings. The summed E-state index contributed by atoms with van der Waals surface area (Å²) in [5.74, 6) is -0.430. The molecule has 1 amide bonds. The van der Waals surface area contributed by atoms with Crippen LogP contribution in [0.15, 0.2) is 58.7 Å². The SMILES string of the molecule is CN1C(=O)/C(=C/c2ccc(F)cc2)SC1=Nc1cccnc1. The summed E-state index contributed by atoms with van der Waals surface area (Å²) in [6.07, 6.45) is 5.03. The maximum Gasteiger partial charge on any atom is 0.266 e. The van der Waals surface area contributed by atoms with Gasteiger partial charge >= 0.3 is 0 Å².